The van der Waals surface area contributed by atoms with Crippen LogP contribution in [0.2, 0.25) is 0 Å². The van der Waals surface area contributed by atoms with Crippen LogP contribution >= 0.6 is 15.9 Å². The van der Waals surface area contributed by atoms with E-state index < -0.39 is 0 Å². The van der Waals surface area contributed by atoms with Crippen molar-refractivity contribution >= 4 is 15.9 Å². The first-order valence-corrected chi connectivity index (χ1v) is 5.31. The van der Waals surface area contributed by atoms with Crippen molar-refractivity contribution in [3.8, 4) is 5.75 Å². The summed E-state index contributed by atoms with van der Waals surface area (Å²) in [5, 5.41) is 0. The molecule has 0 saturated carbocycles. The van der Waals surface area contributed by atoms with E-state index in [0.29, 0.717) is 5.92 Å². The predicted molar refractivity (Wildman–Crippen MR) is 59.4 cm³/mol. The standard InChI is InChI=1S/C11H15BrO/c1-4-8(2)10-7-9(12)5-6-11(10)13-3/h5-8H,4H2,1-3H3. The monoisotopic (exact) mass is 242 g/mol. The van der Waals surface area contributed by atoms with E-state index in [1.165, 1.54) is 5.56 Å². The van der Waals surface area contributed by atoms with E-state index in [4.69, 9.17) is 4.74 Å². The minimum absolute atomic E-state index is 0.549. The van der Waals surface area contributed by atoms with Crippen LogP contribution in [0, 0.1) is 0 Å². The number of methoxy groups -OCH3 is 1. The normalized spacial score (nSPS) is 12.6. The quantitative estimate of drug-likeness (QED) is 0.780. The van der Waals surface area contributed by atoms with Crippen LogP contribution in [-0.2, 0) is 0 Å². The second-order valence-electron chi connectivity index (χ2n) is 3.20. The molecule has 2 heteroatoms. The predicted octanol–water partition coefficient (Wildman–Crippen LogP) is 3.97. The molecule has 72 valence electrons. The molecule has 1 unspecified atom stereocenters. The highest BCUT2D eigenvalue weighted by atomic mass is 79.9. The number of hydrogen-bond donors (Lipinski definition) is 0. The summed E-state index contributed by atoms with van der Waals surface area (Å²) in [6.07, 6.45) is 1.13. The van der Waals surface area contributed by atoms with E-state index >= 15 is 0 Å². The van der Waals surface area contributed by atoms with Gasteiger partial charge in [-0.2, -0.15) is 0 Å². The van der Waals surface area contributed by atoms with Gasteiger partial charge < -0.3 is 4.74 Å². The number of halogens is 1. The van der Waals surface area contributed by atoms with Crippen molar-refractivity contribution in [1.82, 2.24) is 0 Å². The molecule has 0 N–H and O–H groups in total. The van der Waals surface area contributed by atoms with Crippen LogP contribution in [0.4, 0.5) is 0 Å². The van der Waals surface area contributed by atoms with E-state index in [0.717, 1.165) is 16.6 Å². The summed E-state index contributed by atoms with van der Waals surface area (Å²) in [6.45, 7) is 4.40. The lowest BCUT2D eigenvalue weighted by atomic mass is 9.98. The summed E-state index contributed by atoms with van der Waals surface area (Å²) in [5.41, 5.74) is 1.28. The Morgan fingerprint density at radius 3 is 2.69 bits per heavy atom. The van der Waals surface area contributed by atoms with E-state index in [2.05, 4.69) is 35.8 Å². The lowest BCUT2D eigenvalue weighted by Crippen LogP contribution is -1.96. The van der Waals surface area contributed by atoms with Crippen molar-refractivity contribution in [2.75, 3.05) is 7.11 Å². The Kier molecular flexibility index (Phi) is 3.79. The summed E-state index contributed by atoms with van der Waals surface area (Å²) in [4.78, 5) is 0. The van der Waals surface area contributed by atoms with Gasteiger partial charge in [0.2, 0.25) is 0 Å². The van der Waals surface area contributed by atoms with E-state index in [-0.39, 0.29) is 0 Å². The molecule has 1 aromatic rings. The summed E-state index contributed by atoms with van der Waals surface area (Å²) >= 11 is 3.47. The highest BCUT2D eigenvalue weighted by Gasteiger charge is 2.09. The fourth-order valence-electron chi connectivity index (χ4n) is 1.31. The number of rotatable bonds is 3. The first-order chi connectivity index (χ1) is 6.19. The third-order valence-electron chi connectivity index (χ3n) is 2.34. The molecule has 1 atom stereocenters. The molecule has 0 aliphatic heterocycles. The van der Waals surface area contributed by atoms with Crippen molar-refractivity contribution in [3.05, 3.63) is 28.2 Å². The van der Waals surface area contributed by atoms with Gasteiger partial charge in [-0.1, -0.05) is 29.8 Å². The fraction of sp³-hybridized carbons (Fsp3) is 0.455. The van der Waals surface area contributed by atoms with E-state index in [1.54, 1.807) is 7.11 Å². The fourth-order valence-corrected chi connectivity index (χ4v) is 1.69. The van der Waals surface area contributed by atoms with Gasteiger partial charge in [-0.05, 0) is 36.1 Å². The van der Waals surface area contributed by atoms with Gasteiger partial charge in [0.05, 0.1) is 7.11 Å². The molecule has 0 amide bonds. The molecule has 0 aliphatic rings. The molecule has 0 fully saturated rings. The summed E-state index contributed by atoms with van der Waals surface area (Å²) < 4.78 is 6.42. The van der Waals surface area contributed by atoms with Crippen LogP contribution in [0.1, 0.15) is 31.7 Å². The molecule has 0 spiro atoms. The van der Waals surface area contributed by atoms with Crippen LogP contribution < -0.4 is 4.74 Å². The van der Waals surface area contributed by atoms with Gasteiger partial charge in [0.25, 0.3) is 0 Å². The van der Waals surface area contributed by atoms with Gasteiger partial charge in [0, 0.05) is 4.47 Å². The summed E-state index contributed by atoms with van der Waals surface area (Å²) in [6, 6.07) is 6.14. The van der Waals surface area contributed by atoms with Crippen molar-refractivity contribution in [2.24, 2.45) is 0 Å². The van der Waals surface area contributed by atoms with Crippen molar-refractivity contribution in [1.29, 1.82) is 0 Å². The molecule has 1 nitrogen and oxygen atoms in total. The summed E-state index contributed by atoms with van der Waals surface area (Å²) in [5.74, 6) is 1.53. The average Bonchev–Trinajstić information content (AvgIpc) is 2.16. The Morgan fingerprint density at radius 2 is 2.15 bits per heavy atom. The molecule has 0 aromatic heterocycles. The van der Waals surface area contributed by atoms with Crippen LogP contribution in [-0.4, -0.2) is 7.11 Å². The van der Waals surface area contributed by atoms with Crippen molar-refractivity contribution < 1.29 is 4.74 Å². The lowest BCUT2D eigenvalue weighted by Gasteiger charge is -2.13. The number of benzene rings is 1. The van der Waals surface area contributed by atoms with Gasteiger partial charge in [0.1, 0.15) is 5.75 Å². The van der Waals surface area contributed by atoms with Crippen LogP contribution in [0.3, 0.4) is 0 Å². The van der Waals surface area contributed by atoms with Crippen molar-refractivity contribution in [3.63, 3.8) is 0 Å². The Bertz CT molecular complexity index is 283. The molecule has 1 aromatic carbocycles. The third kappa shape index (κ3) is 2.47. The molecule has 0 saturated heterocycles. The Balaban J connectivity index is 3.07. The zero-order valence-corrected chi connectivity index (χ0v) is 9.89. The maximum atomic E-state index is 5.30. The maximum absolute atomic E-state index is 5.30. The molecule has 0 radical (unpaired) electrons. The minimum Gasteiger partial charge on any atom is -0.496 e. The summed E-state index contributed by atoms with van der Waals surface area (Å²) in [7, 11) is 1.72. The molecule has 0 aliphatic carbocycles. The lowest BCUT2D eigenvalue weighted by molar-refractivity contribution is 0.406. The second kappa shape index (κ2) is 4.66. The molecular weight excluding hydrogens is 228 g/mol. The molecule has 0 bridgehead atoms. The van der Waals surface area contributed by atoms with Gasteiger partial charge >= 0.3 is 0 Å². The zero-order valence-electron chi connectivity index (χ0n) is 8.30. The second-order valence-corrected chi connectivity index (χ2v) is 4.11. The highest BCUT2D eigenvalue weighted by Crippen LogP contribution is 2.30. The van der Waals surface area contributed by atoms with Crippen LogP contribution in [0.5, 0.6) is 5.75 Å². The molecular formula is C11H15BrO. The molecule has 13 heavy (non-hydrogen) atoms. The van der Waals surface area contributed by atoms with Gasteiger partial charge in [-0.3, -0.25) is 0 Å². The molecule has 0 heterocycles. The largest absolute Gasteiger partial charge is 0.496 e. The first-order valence-electron chi connectivity index (χ1n) is 4.52. The Labute approximate surface area is 88.2 Å². The first kappa shape index (κ1) is 10.6. The highest BCUT2D eigenvalue weighted by molar-refractivity contribution is 9.10. The van der Waals surface area contributed by atoms with E-state index in [9.17, 15) is 0 Å². The smallest absolute Gasteiger partial charge is 0.122 e. The Morgan fingerprint density at radius 1 is 1.46 bits per heavy atom. The Hall–Kier alpha value is -0.500. The molecule has 1 rings (SSSR count). The maximum Gasteiger partial charge on any atom is 0.122 e. The number of ether oxygens (including phenoxy) is 1. The van der Waals surface area contributed by atoms with Gasteiger partial charge in [0.15, 0.2) is 0 Å². The zero-order chi connectivity index (χ0) is 9.84. The van der Waals surface area contributed by atoms with Gasteiger partial charge in [-0.25, -0.2) is 0 Å². The topological polar surface area (TPSA) is 9.23 Å². The average molecular weight is 243 g/mol. The van der Waals surface area contributed by atoms with E-state index in [1.807, 2.05) is 12.1 Å². The minimum atomic E-state index is 0.549. The van der Waals surface area contributed by atoms with Crippen molar-refractivity contribution in [2.45, 2.75) is 26.2 Å². The number of hydrogen-bond acceptors (Lipinski definition) is 1. The SMILES string of the molecule is CCC(C)c1cc(Br)ccc1OC. The van der Waals surface area contributed by atoms with Crippen LogP contribution in [0.25, 0.3) is 0 Å². The van der Waals surface area contributed by atoms with Gasteiger partial charge in [-0.15, -0.1) is 0 Å². The van der Waals surface area contributed by atoms with Crippen LogP contribution in [0.15, 0.2) is 22.7 Å². The third-order valence-corrected chi connectivity index (χ3v) is 2.83.